The third kappa shape index (κ3) is 6.51. The summed E-state index contributed by atoms with van der Waals surface area (Å²) in [6, 6.07) is 6.82. The fraction of sp³-hybridized carbons (Fsp3) is 0.462. The van der Waals surface area contributed by atoms with Gasteiger partial charge in [0, 0.05) is 27.5 Å². The zero-order valence-electron chi connectivity index (χ0n) is 11.0. The van der Waals surface area contributed by atoms with Gasteiger partial charge >= 0.3 is 0 Å². The molecule has 92 valence electrons. The van der Waals surface area contributed by atoms with Gasteiger partial charge in [-0.25, -0.2) is 0 Å². The number of hydrogen-bond donors (Lipinski definition) is 0. The molecule has 16 heavy (non-hydrogen) atoms. The minimum atomic E-state index is -0.962. The van der Waals surface area contributed by atoms with Crippen LogP contribution in [0.1, 0.15) is 45.0 Å². The Bertz CT molecular complexity index is 282. The van der Waals surface area contributed by atoms with Gasteiger partial charge in [-0.3, -0.25) is 9.00 Å². The Morgan fingerprint density at radius 3 is 1.62 bits per heavy atom. The van der Waals surface area contributed by atoms with Crippen molar-refractivity contribution in [1.29, 1.82) is 0 Å². The first-order chi connectivity index (χ1) is 7.61. The normalized spacial score (nSPS) is 10.1. The lowest BCUT2D eigenvalue weighted by Gasteiger charge is -1.97. The summed E-state index contributed by atoms with van der Waals surface area (Å²) in [5, 5.41) is 0. The van der Waals surface area contributed by atoms with Gasteiger partial charge in [0.1, 0.15) is 0 Å². The summed E-state index contributed by atoms with van der Waals surface area (Å²) in [5.74, 6) is 0.0310. The zero-order chi connectivity index (χ0) is 13.1. The van der Waals surface area contributed by atoms with Crippen molar-refractivity contribution in [3.63, 3.8) is 0 Å². The van der Waals surface area contributed by atoms with Gasteiger partial charge in [0.2, 0.25) is 0 Å². The van der Waals surface area contributed by atoms with E-state index in [-0.39, 0.29) is 5.78 Å². The maximum atomic E-state index is 11.0. The third-order valence-corrected chi connectivity index (χ3v) is 2.53. The molecule has 0 aromatic heterocycles. The second kappa shape index (κ2) is 10.6. The third-order valence-electron chi connectivity index (χ3n) is 1.59. The highest BCUT2D eigenvalue weighted by Crippen LogP contribution is 2.07. The van der Waals surface area contributed by atoms with E-state index in [9.17, 15) is 9.00 Å². The highest BCUT2D eigenvalue weighted by Gasteiger charge is 2.00. The standard InChI is InChI=1S/C9H10O2S.2C2H6/c1-7(10)8-3-5-9(6-4-8)12(2)11;2*1-2/h3-6H,1-2H3;2*1-2H3. The number of carbonyl (C=O) groups excluding carboxylic acids is 1. The molecule has 1 aromatic rings. The summed E-state index contributed by atoms with van der Waals surface area (Å²) in [5.41, 5.74) is 0.657. The minimum Gasteiger partial charge on any atom is -0.295 e. The maximum absolute atomic E-state index is 11.0. The van der Waals surface area contributed by atoms with Gasteiger partial charge in [-0.2, -0.15) is 0 Å². The van der Waals surface area contributed by atoms with Crippen molar-refractivity contribution in [3.05, 3.63) is 29.8 Å². The molecule has 0 radical (unpaired) electrons. The van der Waals surface area contributed by atoms with Crippen molar-refractivity contribution in [1.82, 2.24) is 0 Å². The molecule has 1 atom stereocenters. The molecule has 0 amide bonds. The fourth-order valence-corrected chi connectivity index (χ4v) is 1.40. The summed E-state index contributed by atoms with van der Waals surface area (Å²) in [7, 11) is -0.962. The second-order valence-electron chi connectivity index (χ2n) is 2.53. The summed E-state index contributed by atoms with van der Waals surface area (Å²) in [6.07, 6.45) is 1.61. The van der Waals surface area contributed by atoms with Crippen LogP contribution in [-0.2, 0) is 10.8 Å². The molecule has 0 aliphatic heterocycles. The van der Waals surface area contributed by atoms with E-state index in [4.69, 9.17) is 0 Å². The molecular formula is C13H22O2S. The van der Waals surface area contributed by atoms with Crippen LogP contribution in [0.2, 0.25) is 0 Å². The van der Waals surface area contributed by atoms with Crippen molar-refractivity contribution in [3.8, 4) is 0 Å². The molecule has 3 heteroatoms. The summed E-state index contributed by atoms with van der Waals surface area (Å²) >= 11 is 0. The number of ketones is 1. The van der Waals surface area contributed by atoms with Gasteiger partial charge in [-0.1, -0.05) is 39.8 Å². The van der Waals surface area contributed by atoms with Gasteiger partial charge < -0.3 is 0 Å². The van der Waals surface area contributed by atoms with E-state index >= 15 is 0 Å². The Labute approximate surface area is 102 Å². The first kappa shape index (κ1) is 17.4. The molecule has 0 saturated carbocycles. The Kier molecular flexibility index (Phi) is 11.5. The Hall–Kier alpha value is -0.960. The molecule has 1 unspecified atom stereocenters. The molecule has 0 aliphatic rings. The van der Waals surface area contributed by atoms with Crippen LogP contribution in [0, 0.1) is 0 Å². The molecule has 0 heterocycles. The Balaban J connectivity index is 0. The number of rotatable bonds is 2. The monoisotopic (exact) mass is 242 g/mol. The van der Waals surface area contributed by atoms with E-state index in [1.165, 1.54) is 6.92 Å². The molecule has 1 rings (SSSR count). The summed E-state index contributed by atoms with van der Waals surface area (Å²) < 4.78 is 11.0. The molecule has 2 nitrogen and oxygen atoms in total. The molecule has 0 bridgehead atoms. The quantitative estimate of drug-likeness (QED) is 0.741. The highest BCUT2D eigenvalue weighted by atomic mass is 32.2. The molecule has 0 N–H and O–H groups in total. The SMILES string of the molecule is CC.CC.CC(=O)c1ccc(S(C)=O)cc1. The second-order valence-corrected chi connectivity index (χ2v) is 3.91. The Morgan fingerprint density at radius 1 is 1.00 bits per heavy atom. The van der Waals surface area contributed by atoms with Crippen LogP contribution in [0.25, 0.3) is 0 Å². The van der Waals surface area contributed by atoms with Crippen molar-refractivity contribution in [2.75, 3.05) is 6.26 Å². The van der Waals surface area contributed by atoms with Crippen LogP contribution >= 0.6 is 0 Å². The number of hydrogen-bond acceptors (Lipinski definition) is 2. The number of carbonyl (C=O) groups is 1. The van der Waals surface area contributed by atoms with Gasteiger partial charge in [0.15, 0.2) is 5.78 Å². The lowest BCUT2D eigenvalue weighted by molar-refractivity contribution is 0.101. The molecule has 0 fully saturated rings. The van der Waals surface area contributed by atoms with Crippen molar-refractivity contribution < 1.29 is 9.00 Å². The highest BCUT2D eigenvalue weighted by molar-refractivity contribution is 7.84. The topological polar surface area (TPSA) is 34.1 Å². The largest absolute Gasteiger partial charge is 0.295 e. The number of Topliss-reactive ketones (excluding diaryl/α,β-unsaturated/α-hetero) is 1. The maximum Gasteiger partial charge on any atom is 0.159 e. The van der Waals surface area contributed by atoms with E-state index in [2.05, 4.69) is 0 Å². The molecule has 0 aliphatic carbocycles. The summed E-state index contributed by atoms with van der Waals surface area (Å²) in [6.45, 7) is 9.51. The van der Waals surface area contributed by atoms with Crippen molar-refractivity contribution >= 4 is 16.6 Å². The predicted molar refractivity (Wildman–Crippen MR) is 71.5 cm³/mol. The van der Waals surface area contributed by atoms with Crippen LogP contribution in [-0.4, -0.2) is 16.2 Å². The predicted octanol–water partition coefficient (Wildman–Crippen LogP) is 3.68. The number of benzene rings is 1. The molecule has 1 aromatic carbocycles. The lowest BCUT2D eigenvalue weighted by atomic mass is 10.2. The first-order valence-electron chi connectivity index (χ1n) is 5.55. The minimum absolute atomic E-state index is 0.0310. The van der Waals surface area contributed by atoms with Crippen molar-refractivity contribution in [2.45, 2.75) is 39.5 Å². The zero-order valence-corrected chi connectivity index (χ0v) is 11.9. The van der Waals surface area contributed by atoms with Gasteiger partial charge in [0.25, 0.3) is 0 Å². The van der Waals surface area contributed by atoms with Gasteiger partial charge in [-0.15, -0.1) is 0 Å². The van der Waals surface area contributed by atoms with Crippen LogP contribution in [0.4, 0.5) is 0 Å². The van der Waals surface area contributed by atoms with Crippen LogP contribution < -0.4 is 0 Å². The molecule has 0 spiro atoms. The van der Waals surface area contributed by atoms with Crippen LogP contribution in [0.3, 0.4) is 0 Å². The lowest BCUT2D eigenvalue weighted by Crippen LogP contribution is -1.93. The van der Waals surface area contributed by atoms with Gasteiger partial charge in [-0.05, 0) is 19.1 Å². The molecule has 0 saturated heterocycles. The van der Waals surface area contributed by atoms with Crippen LogP contribution in [0.15, 0.2) is 29.2 Å². The van der Waals surface area contributed by atoms with E-state index in [1.54, 1.807) is 30.5 Å². The molecular weight excluding hydrogens is 220 g/mol. The van der Waals surface area contributed by atoms with Crippen LogP contribution in [0.5, 0.6) is 0 Å². The van der Waals surface area contributed by atoms with Gasteiger partial charge in [0.05, 0.1) is 0 Å². The van der Waals surface area contributed by atoms with Crippen molar-refractivity contribution in [2.24, 2.45) is 0 Å². The van der Waals surface area contributed by atoms with E-state index in [1.807, 2.05) is 27.7 Å². The van der Waals surface area contributed by atoms with E-state index in [0.717, 1.165) is 4.90 Å². The van der Waals surface area contributed by atoms with E-state index < -0.39 is 10.8 Å². The Morgan fingerprint density at radius 2 is 1.38 bits per heavy atom. The first-order valence-corrected chi connectivity index (χ1v) is 7.11. The average Bonchev–Trinajstić information content (AvgIpc) is 2.34. The average molecular weight is 242 g/mol. The smallest absolute Gasteiger partial charge is 0.159 e. The fourth-order valence-electron chi connectivity index (χ4n) is 0.881. The van der Waals surface area contributed by atoms with E-state index in [0.29, 0.717) is 5.56 Å². The summed E-state index contributed by atoms with van der Waals surface area (Å²) in [4.78, 5) is 11.6.